The number of rotatable bonds is 5. The number of nitrogens with zero attached hydrogens (tertiary/aromatic N) is 1. The smallest absolute Gasteiger partial charge is 0.0702 e. The van der Waals surface area contributed by atoms with E-state index in [1.165, 1.54) is 47.3 Å². The first kappa shape index (κ1) is 14.5. The fraction of sp³-hybridized carbons (Fsp3) is 0.714. The van der Waals surface area contributed by atoms with Gasteiger partial charge in [-0.05, 0) is 53.9 Å². The second-order valence-corrected chi connectivity index (χ2v) is 7.83. The first-order valence-corrected chi connectivity index (χ1v) is 8.47. The van der Waals surface area contributed by atoms with E-state index in [1.54, 1.807) is 11.3 Å². The molecule has 1 aromatic rings. The van der Waals surface area contributed by atoms with Gasteiger partial charge in [0.1, 0.15) is 0 Å². The van der Waals surface area contributed by atoms with E-state index < -0.39 is 0 Å². The van der Waals surface area contributed by atoms with Crippen LogP contribution in [0.15, 0.2) is 15.9 Å². The molecule has 1 saturated carbocycles. The van der Waals surface area contributed by atoms with Crippen molar-refractivity contribution in [1.29, 1.82) is 0 Å². The van der Waals surface area contributed by atoms with Crippen LogP contribution < -0.4 is 5.73 Å². The minimum Gasteiger partial charge on any atom is -0.329 e. The summed E-state index contributed by atoms with van der Waals surface area (Å²) in [5, 5.41) is 0. The lowest BCUT2D eigenvalue weighted by Crippen LogP contribution is -2.34. The van der Waals surface area contributed by atoms with Crippen LogP contribution in [0.4, 0.5) is 0 Å². The van der Waals surface area contributed by atoms with E-state index in [4.69, 9.17) is 5.73 Å². The average molecular weight is 331 g/mol. The minimum absolute atomic E-state index is 0.378. The number of thiophene rings is 1. The zero-order valence-electron chi connectivity index (χ0n) is 11.1. The van der Waals surface area contributed by atoms with E-state index in [0.717, 1.165) is 5.92 Å². The quantitative estimate of drug-likeness (QED) is 0.883. The van der Waals surface area contributed by atoms with Crippen LogP contribution >= 0.6 is 27.3 Å². The van der Waals surface area contributed by atoms with Crippen molar-refractivity contribution in [2.75, 3.05) is 20.1 Å². The number of likely N-dealkylation sites (N-methyl/N-ethyl adjacent to an activating group) is 1. The summed E-state index contributed by atoms with van der Waals surface area (Å²) in [5.41, 5.74) is 5.97. The Labute approximate surface area is 123 Å². The highest BCUT2D eigenvalue weighted by Gasteiger charge is 2.21. The van der Waals surface area contributed by atoms with Crippen molar-refractivity contribution in [2.24, 2.45) is 11.7 Å². The van der Waals surface area contributed by atoms with Crippen LogP contribution in [0.5, 0.6) is 0 Å². The van der Waals surface area contributed by atoms with Gasteiger partial charge in [-0.3, -0.25) is 4.90 Å². The molecular weight excluding hydrogens is 308 g/mol. The minimum atomic E-state index is 0.378. The Morgan fingerprint density at radius 3 is 2.67 bits per heavy atom. The van der Waals surface area contributed by atoms with Gasteiger partial charge in [-0.1, -0.05) is 19.3 Å². The molecule has 1 fully saturated rings. The Hall–Kier alpha value is 0.1000. The molecule has 2 N–H and O–H groups in total. The highest BCUT2D eigenvalue weighted by molar-refractivity contribution is 9.11. The second kappa shape index (κ2) is 7.04. The molecule has 0 spiro atoms. The molecule has 2 rings (SSSR count). The highest BCUT2D eigenvalue weighted by Crippen LogP contribution is 2.31. The van der Waals surface area contributed by atoms with Gasteiger partial charge in [0.2, 0.25) is 0 Å². The van der Waals surface area contributed by atoms with Crippen molar-refractivity contribution < 1.29 is 0 Å². The monoisotopic (exact) mass is 330 g/mol. The molecule has 0 aliphatic heterocycles. The predicted molar refractivity (Wildman–Crippen MR) is 83.0 cm³/mol. The van der Waals surface area contributed by atoms with Gasteiger partial charge < -0.3 is 5.73 Å². The van der Waals surface area contributed by atoms with Crippen LogP contribution in [0.1, 0.15) is 43.0 Å². The molecule has 1 aromatic heterocycles. The first-order valence-electron chi connectivity index (χ1n) is 6.86. The lowest BCUT2D eigenvalue weighted by Gasteiger charge is -2.31. The largest absolute Gasteiger partial charge is 0.329 e. The fourth-order valence-electron chi connectivity index (χ4n) is 2.92. The number of hydrogen-bond acceptors (Lipinski definition) is 3. The molecule has 1 unspecified atom stereocenters. The third-order valence-corrected chi connectivity index (χ3v) is 5.67. The highest BCUT2D eigenvalue weighted by atomic mass is 79.9. The Morgan fingerprint density at radius 1 is 1.39 bits per heavy atom. The predicted octanol–water partition coefficient (Wildman–Crippen LogP) is 4.02. The van der Waals surface area contributed by atoms with Crippen molar-refractivity contribution in [3.05, 3.63) is 20.8 Å². The van der Waals surface area contributed by atoms with E-state index in [-0.39, 0.29) is 0 Å². The Morgan fingerprint density at radius 2 is 2.11 bits per heavy atom. The third kappa shape index (κ3) is 3.80. The SMILES string of the molecule is CN(CC1CCCCC1)C(CN)c1ccc(Br)s1. The van der Waals surface area contributed by atoms with Crippen molar-refractivity contribution in [3.8, 4) is 0 Å². The summed E-state index contributed by atoms with van der Waals surface area (Å²) in [6.07, 6.45) is 7.05. The van der Waals surface area contributed by atoms with Gasteiger partial charge in [0, 0.05) is 18.0 Å². The summed E-state index contributed by atoms with van der Waals surface area (Å²) >= 11 is 5.34. The molecular formula is C14H23BrN2S. The van der Waals surface area contributed by atoms with Gasteiger partial charge >= 0.3 is 0 Å². The summed E-state index contributed by atoms with van der Waals surface area (Å²) in [7, 11) is 2.22. The van der Waals surface area contributed by atoms with Gasteiger partial charge in [-0.25, -0.2) is 0 Å². The molecule has 0 radical (unpaired) electrons. The van der Waals surface area contributed by atoms with Gasteiger partial charge in [-0.2, -0.15) is 0 Å². The normalized spacial score (nSPS) is 19.3. The molecule has 0 saturated heterocycles. The third-order valence-electron chi connectivity index (χ3n) is 3.95. The van der Waals surface area contributed by atoms with Crippen LogP contribution in [0.2, 0.25) is 0 Å². The van der Waals surface area contributed by atoms with Gasteiger partial charge in [0.15, 0.2) is 0 Å². The van der Waals surface area contributed by atoms with Crippen molar-refractivity contribution in [3.63, 3.8) is 0 Å². The molecule has 1 heterocycles. The lowest BCUT2D eigenvalue weighted by molar-refractivity contribution is 0.188. The van der Waals surface area contributed by atoms with Crippen LogP contribution in [0, 0.1) is 5.92 Å². The zero-order valence-corrected chi connectivity index (χ0v) is 13.5. The average Bonchev–Trinajstić information content (AvgIpc) is 2.78. The molecule has 1 aliphatic carbocycles. The van der Waals surface area contributed by atoms with Crippen molar-refractivity contribution in [1.82, 2.24) is 4.90 Å². The van der Waals surface area contributed by atoms with Gasteiger partial charge in [-0.15, -0.1) is 11.3 Å². The molecule has 2 nitrogen and oxygen atoms in total. The first-order chi connectivity index (χ1) is 8.70. The van der Waals surface area contributed by atoms with E-state index in [2.05, 4.69) is 40.0 Å². The Bertz CT molecular complexity index is 360. The second-order valence-electron chi connectivity index (χ2n) is 5.34. The Kier molecular flexibility index (Phi) is 5.67. The number of hydrogen-bond donors (Lipinski definition) is 1. The molecule has 18 heavy (non-hydrogen) atoms. The molecule has 1 atom stereocenters. The maximum absolute atomic E-state index is 5.97. The molecule has 0 amide bonds. The number of nitrogens with two attached hydrogens (primary N) is 1. The molecule has 102 valence electrons. The molecule has 0 aromatic carbocycles. The molecule has 4 heteroatoms. The van der Waals surface area contributed by atoms with E-state index in [0.29, 0.717) is 12.6 Å². The topological polar surface area (TPSA) is 29.3 Å². The lowest BCUT2D eigenvalue weighted by atomic mass is 9.88. The summed E-state index contributed by atoms with van der Waals surface area (Å²) in [6.45, 7) is 1.90. The summed E-state index contributed by atoms with van der Waals surface area (Å²) in [6, 6.07) is 4.70. The number of halogens is 1. The van der Waals surface area contributed by atoms with Crippen LogP contribution in [-0.4, -0.2) is 25.0 Å². The maximum atomic E-state index is 5.97. The summed E-state index contributed by atoms with van der Waals surface area (Å²) < 4.78 is 1.20. The van der Waals surface area contributed by atoms with Crippen LogP contribution in [-0.2, 0) is 0 Å². The Balaban J connectivity index is 1.94. The van der Waals surface area contributed by atoms with E-state index in [1.807, 2.05) is 0 Å². The standard InChI is InChI=1S/C14H23BrN2S/c1-17(10-11-5-3-2-4-6-11)12(9-16)13-7-8-14(15)18-13/h7-8,11-12H,2-6,9-10,16H2,1H3. The van der Waals surface area contributed by atoms with Crippen LogP contribution in [0.3, 0.4) is 0 Å². The summed E-state index contributed by atoms with van der Waals surface area (Å²) in [5.74, 6) is 0.876. The van der Waals surface area contributed by atoms with Crippen molar-refractivity contribution in [2.45, 2.75) is 38.1 Å². The van der Waals surface area contributed by atoms with E-state index in [9.17, 15) is 0 Å². The zero-order chi connectivity index (χ0) is 13.0. The molecule has 0 bridgehead atoms. The van der Waals surface area contributed by atoms with Gasteiger partial charge in [0.25, 0.3) is 0 Å². The fourth-order valence-corrected chi connectivity index (χ4v) is 4.53. The van der Waals surface area contributed by atoms with E-state index >= 15 is 0 Å². The van der Waals surface area contributed by atoms with Crippen LogP contribution in [0.25, 0.3) is 0 Å². The summed E-state index contributed by atoms with van der Waals surface area (Å²) in [4.78, 5) is 3.83. The molecule has 1 aliphatic rings. The maximum Gasteiger partial charge on any atom is 0.0702 e. The van der Waals surface area contributed by atoms with Gasteiger partial charge in [0.05, 0.1) is 9.83 Å². The van der Waals surface area contributed by atoms with Crippen molar-refractivity contribution >= 4 is 27.3 Å².